The summed E-state index contributed by atoms with van der Waals surface area (Å²) < 4.78 is 6.95. The monoisotopic (exact) mass is 342 g/mol. The SMILES string of the molecule is CN(C)C(=O)COc1cc(C(=O)N2CCc3ccccc3C2)nn1C. The lowest BCUT2D eigenvalue weighted by Gasteiger charge is -2.28. The molecule has 0 N–H and O–H groups in total. The second-order valence-electron chi connectivity index (χ2n) is 6.31. The van der Waals surface area contributed by atoms with Crippen molar-refractivity contribution >= 4 is 11.8 Å². The fourth-order valence-corrected chi connectivity index (χ4v) is 2.79. The van der Waals surface area contributed by atoms with E-state index in [9.17, 15) is 9.59 Å². The van der Waals surface area contributed by atoms with Crippen molar-refractivity contribution < 1.29 is 14.3 Å². The molecule has 7 heteroatoms. The number of nitrogens with zero attached hydrogens (tertiary/aromatic N) is 4. The van der Waals surface area contributed by atoms with E-state index in [4.69, 9.17) is 4.74 Å². The highest BCUT2D eigenvalue weighted by Crippen LogP contribution is 2.21. The molecule has 2 amide bonds. The predicted octanol–water partition coefficient (Wildman–Crippen LogP) is 1.09. The molecule has 1 aliphatic rings. The maximum absolute atomic E-state index is 12.7. The molecular formula is C18H22N4O3. The van der Waals surface area contributed by atoms with Crippen LogP contribution in [-0.4, -0.2) is 58.6 Å². The normalized spacial score (nSPS) is 13.3. The van der Waals surface area contributed by atoms with Gasteiger partial charge in [-0.15, -0.1) is 0 Å². The second kappa shape index (κ2) is 6.96. The van der Waals surface area contributed by atoms with Crippen molar-refractivity contribution in [3.63, 3.8) is 0 Å². The van der Waals surface area contributed by atoms with Gasteiger partial charge in [0.2, 0.25) is 5.88 Å². The van der Waals surface area contributed by atoms with Crippen LogP contribution in [-0.2, 0) is 24.8 Å². The maximum Gasteiger partial charge on any atom is 0.274 e. The zero-order valence-electron chi connectivity index (χ0n) is 14.7. The van der Waals surface area contributed by atoms with Crippen LogP contribution in [0.25, 0.3) is 0 Å². The minimum atomic E-state index is -0.151. The summed E-state index contributed by atoms with van der Waals surface area (Å²) in [5.41, 5.74) is 2.79. The molecule has 0 radical (unpaired) electrons. The van der Waals surface area contributed by atoms with Crippen LogP contribution in [0.2, 0.25) is 0 Å². The van der Waals surface area contributed by atoms with Crippen LogP contribution in [0.5, 0.6) is 5.88 Å². The van der Waals surface area contributed by atoms with E-state index in [0.29, 0.717) is 24.7 Å². The molecule has 2 aromatic rings. The molecule has 1 aliphatic heterocycles. The number of rotatable bonds is 4. The number of hydrogen-bond acceptors (Lipinski definition) is 4. The molecule has 1 aromatic heterocycles. The molecule has 25 heavy (non-hydrogen) atoms. The Labute approximate surface area is 146 Å². The first-order chi connectivity index (χ1) is 12.0. The number of ether oxygens (including phenoxy) is 1. The Hall–Kier alpha value is -2.83. The van der Waals surface area contributed by atoms with Gasteiger partial charge in [0.25, 0.3) is 11.8 Å². The van der Waals surface area contributed by atoms with Crippen molar-refractivity contribution in [3.05, 3.63) is 47.2 Å². The number of amides is 2. The van der Waals surface area contributed by atoms with Gasteiger partial charge in [0.15, 0.2) is 12.3 Å². The molecule has 132 valence electrons. The Morgan fingerprint density at radius 2 is 1.96 bits per heavy atom. The fraction of sp³-hybridized carbons (Fsp3) is 0.389. The summed E-state index contributed by atoms with van der Waals surface area (Å²) in [5, 5.41) is 4.24. The van der Waals surface area contributed by atoms with Gasteiger partial charge in [-0.3, -0.25) is 9.59 Å². The quantitative estimate of drug-likeness (QED) is 0.834. The molecular weight excluding hydrogens is 320 g/mol. The minimum absolute atomic E-state index is 0.0861. The molecule has 0 fully saturated rings. The van der Waals surface area contributed by atoms with Gasteiger partial charge in [-0.2, -0.15) is 5.10 Å². The first kappa shape index (κ1) is 17.0. The van der Waals surface area contributed by atoms with Crippen molar-refractivity contribution in [1.82, 2.24) is 19.6 Å². The first-order valence-corrected chi connectivity index (χ1v) is 8.18. The van der Waals surface area contributed by atoms with E-state index in [0.717, 1.165) is 6.42 Å². The highest BCUT2D eigenvalue weighted by Gasteiger charge is 2.24. The van der Waals surface area contributed by atoms with E-state index in [1.165, 1.54) is 20.7 Å². The molecule has 0 saturated heterocycles. The Kier molecular flexibility index (Phi) is 4.74. The highest BCUT2D eigenvalue weighted by molar-refractivity contribution is 5.92. The van der Waals surface area contributed by atoms with Crippen LogP contribution >= 0.6 is 0 Å². The van der Waals surface area contributed by atoms with Crippen molar-refractivity contribution in [1.29, 1.82) is 0 Å². The van der Waals surface area contributed by atoms with Crippen LogP contribution in [0.4, 0.5) is 0 Å². The van der Waals surface area contributed by atoms with E-state index < -0.39 is 0 Å². The third-order valence-corrected chi connectivity index (χ3v) is 4.32. The number of fused-ring (bicyclic) bond motifs is 1. The summed E-state index contributed by atoms with van der Waals surface area (Å²) in [6, 6.07) is 9.75. The number of aryl methyl sites for hydroxylation is 1. The van der Waals surface area contributed by atoms with Crippen LogP contribution in [0.3, 0.4) is 0 Å². The Morgan fingerprint density at radius 1 is 1.24 bits per heavy atom. The van der Waals surface area contributed by atoms with Gasteiger partial charge in [-0.05, 0) is 17.5 Å². The van der Waals surface area contributed by atoms with E-state index in [1.807, 2.05) is 12.1 Å². The van der Waals surface area contributed by atoms with Crippen LogP contribution in [0, 0.1) is 0 Å². The fourth-order valence-electron chi connectivity index (χ4n) is 2.79. The predicted molar refractivity (Wildman–Crippen MR) is 92.3 cm³/mol. The lowest BCUT2D eigenvalue weighted by atomic mass is 10.00. The number of carbonyl (C=O) groups excluding carboxylic acids is 2. The molecule has 0 aliphatic carbocycles. The van der Waals surface area contributed by atoms with Crippen molar-refractivity contribution in [2.45, 2.75) is 13.0 Å². The lowest BCUT2D eigenvalue weighted by molar-refractivity contribution is -0.130. The first-order valence-electron chi connectivity index (χ1n) is 8.18. The van der Waals surface area contributed by atoms with E-state index in [2.05, 4.69) is 17.2 Å². The third-order valence-electron chi connectivity index (χ3n) is 4.32. The van der Waals surface area contributed by atoms with E-state index >= 15 is 0 Å². The average Bonchev–Trinajstić information content (AvgIpc) is 2.99. The number of aromatic nitrogens is 2. The van der Waals surface area contributed by atoms with Crippen molar-refractivity contribution in [2.75, 3.05) is 27.2 Å². The highest BCUT2D eigenvalue weighted by atomic mass is 16.5. The average molecular weight is 342 g/mol. The second-order valence-corrected chi connectivity index (χ2v) is 6.31. The van der Waals surface area contributed by atoms with Crippen molar-refractivity contribution in [2.24, 2.45) is 7.05 Å². The third kappa shape index (κ3) is 3.65. The summed E-state index contributed by atoms with van der Waals surface area (Å²) in [5.74, 6) is 0.122. The van der Waals surface area contributed by atoms with Gasteiger partial charge >= 0.3 is 0 Å². The molecule has 0 unspecified atom stereocenters. The number of carbonyl (C=O) groups is 2. The number of likely N-dealkylation sites (N-methyl/N-ethyl adjacent to an activating group) is 1. The molecule has 0 bridgehead atoms. The van der Waals surface area contributed by atoms with E-state index in [1.54, 1.807) is 32.1 Å². The van der Waals surface area contributed by atoms with Gasteiger partial charge in [0, 0.05) is 40.3 Å². The zero-order valence-corrected chi connectivity index (χ0v) is 14.7. The summed E-state index contributed by atoms with van der Waals surface area (Å²) in [6.45, 7) is 1.17. The topological polar surface area (TPSA) is 67.7 Å². The van der Waals surface area contributed by atoms with Crippen LogP contribution in [0.15, 0.2) is 30.3 Å². The molecule has 7 nitrogen and oxygen atoms in total. The van der Waals surface area contributed by atoms with Crippen LogP contribution in [0.1, 0.15) is 21.6 Å². The molecule has 0 atom stereocenters. The van der Waals surface area contributed by atoms with Gasteiger partial charge in [-0.1, -0.05) is 24.3 Å². The Balaban J connectivity index is 1.69. The molecule has 2 heterocycles. The molecule has 0 spiro atoms. The Bertz CT molecular complexity index is 797. The van der Waals surface area contributed by atoms with Gasteiger partial charge in [0.1, 0.15) is 0 Å². The number of benzene rings is 1. The molecule has 0 saturated carbocycles. The maximum atomic E-state index is 12.7. The van der Waals surface area contributed by atoms with Gasteiger partial charge in [0.05, 0.1) is 0 Å². The summed E-state index contributed by atoms with van der Waals surface area (Å²) >= 11 is 0. The van der Waals surface area contributed by atoms with Crippen molar-refractivity contribution in [3.8, 4) is 5.88 Å². The van der Waals surface area contributed by atoms with E-state index in [-0.39, 0.29) is 18.4 Å². The van der Waals surface area contributed by atoms with Gasteiger partial charge in [-0.25, -0.2) is 4.68 Å². The zero-order chi connectivity index (χ0) is 18.0. The number of hydrogen-bond donors (Lipinski definition) is 0. The summed E-state index contributed by atoms with van der Waals surface area (Å²) in [4.78, 5) is 27.6. The van der Waals surface area contributed by atoms with Gasteiger partial charge < -0.3 is 14.5 Å². The molecule has 3 rings (SSSR count). The molecule has 1 aromatic carbocycles. The summed E-state index contributed by atoms with van der Waals surface area (Å²) in [7, 11) is 5.02. The largest absolute Gasteiger partial charge is 0.468 e. The smallest absolute Gasteiger partial charge is 0.274 e. The standard InChI is InChI=1S/C18H22N4O3/c1-20(2)16(23)12-25-17-10-15(19-21(17)3)18(24)22-9-8-13-6-4-5-7-14(13)11-22/h4-7,10H,8-9,11-12H2,1-3H3. The van der Waals surface area contributed by atoms with Crippen LogP contribution < -0.4 is 4.74 Å². The Morgan fingerprint density at radius 3 is 2.68 bits per heavy atom. The minimum Gasteiger partial charge on any atom is -0.468 e. The summed E-state index contributed by atoms with van der Waals surface area (Å²) in [6.07, 6.45) is 0.843. The lowest BCUT2D eigenvalue weighted by Crippen LogP contribution is -2.36.